The highest BCUT2D eigenvalue weighted by molar-refractivity contribution is 5.81. The molecule has 0 radical (unpaired) electrons. The number of amides is 1. The molecule has 0 fully saturated rings. The number of hydrogen-bond acceptors (Lipinski definition) is 3. The molecule has 1 N–H and O–H groups in total. The second kappa shape index (κ2) is 6.18. The Hall–Kier alpha value is -1.65. The van der Waals surface area contributed by atoms with E-state index in [0.29, 0.717) is 12.2 Å². The summed E-state index contributed by atoms with van der Waals surface area (Å²) in [7, 11) is 0. The van der Waals surface area contributed by atoms with E-state index in [1.54, 1.807) is 11.0 Å². The monoisotopic (exact) mass is 239 g/mol. The van der Waals surface area contributed by atoms with E-state index in [1.165, 1.54) is 12.3 Å². The van der Waals surface area contributed by atoms with Gasteiger partial charge < -0.3 is 10.2 Å². The van der Waals surface area contributed by atoms with E-state index < -0.39 is 5.95 Å². The summed E-state index contributed by atoms with van der Waals surface area (Å²) in [5.74, 6) is -0.607. The Kier molecular flexibility index (Phi) is 4.87. The minimum atomic E-state index is -0.537. The van der Waals surface area contributed by atoms with Gasteiger partial charge in [0, 0.05) is 30.5 Å². The van der Waals surface area contributed by atoms with Crippen molar-refractivity contribution in [3.05, 3.63) is 24.3 Å². The van der Waals surface area contributed by atoms with Crippen LogP contribution in [0.5, 0.6) is 0 Å². The van der Waals surface area contributed by atoms with Crippen molar-refractivity contribution in [2.75, 3.05) is 18.0 Å². The zero-order chi connectivity index (χ0) is 12.8. The Morgan fingerprint density at radius 3 is 2.82 bits per heavy atom. The van der Waals surface area contributed by atoms with Crippen molar-refractivity contribution in [3.63, 3.8) is 0 Å². The molecule has 17 heavy (non-hydrogen) atoms. The number of aromatic nitrogens is 1. The highest BCUT2D eigenvalue weighted by Crippen LogP contribution is 2.13. The molecule has 1 amide bonds. The van der Waals surface area contributed by atoms with Gasteiger partial charge in [0.1, 0.15) is 0 Å². The number of anilines is 1. The maximum atomic E-state index is 13.0. The lowest BCUT2D eigenvalue weighted by Gasteiger charge is -2.22. The summed E-state index contributed by atoms with van der Waals surface area (Å²) in [4.78, 5) is 16.9. The maximum absolute atomic E-state index is 13.0. The van der Waals surface area contributed by atoms with Crippen molar-refractivity contribution in [1.82, 2.24) is 10.3 Å². The van der Waals surface area contributed by atoms with Crippen LogP contribution < -0.4 is 10.2 Å². The fourth-order valence-corrected chi connectivity index (χ4v) is 1.52. The van der Waals surface area contributed by atoms with Crippen molar-refractivity contribution >= 4 is 11.6 Å². The smallest absolute Gasteiger partial charge is 0.239 e. The number of carbonyl (C=O) groups excluding carboxylic acids is 1. The Bertz CT molecular complexity index is 382. The van der Waals surface area contributed by atoms with Crippen molar-refractivity contribution in [3.8, 4) is 0 Å². The summed E-state index contributed by atoms with van der Waals surface area (Å²) in [6.45, 7) is 6.58. The fraction of sp³-hybridized carbons (Fsp3) is 0.500. The van der Waals surface area contributed by atoms with Crippen LogP contribution in [-0.2, 0) is 4.79 Å². The van der Waals surface area contributed by atoms with Crippen molar-refractivity contribution < 1.29 is 9.18 Å². The molecule has 1 rings (SSSR count). The molecule has 5 heteroatoms. The molecule has 1 aromatic rings. The van der Waals surface area contributed by atoms with E-state index in [1.807, 2.05) is 20.8 Å². The molecule has 4 nitrogen and oxygen atoms in total. The van der Waals surface area contributed by atoms with Gasteiger partial charge in [0.2, 0.25) is 11.9 Å². The zero-order valence-electron chi connectivity index (χ0n) is 10.4. The molecule has 94 valence electrons. The molecular formula is C12H18FN3O. The van der Waals surface area contributed by atoms with Gasteiger partial charge in [-0.1, -0.05) is 0 Å². The first-order valence-electron chi connectivity index (χ1n) is 5.68. The quantitative estimate of drug-likeness (QED) is 0.793. The molecule has 1 heterocycles. The van der Waals surface area contributed by atoms with Gasteiger partial charge >= 0.3 is 0 Å². The minimum Gasteiger partial charge on any atom is -0.362 e. The number of rotatable bonds is 5. The third kappa shape index (κ3) is 4.38. The molecule has 0 spiro atoms. The average molecular weight is 239 g/mol. The largest absolute Gasteiger partial charge is 0.362 e. The number of hydrogen-bond donors (Lipinski definition) is 1. The summed E-state index contributed by atoms with van der Waals surface area (Å²) in [5.41, 5.74) is 0.666. The summed E-state index contributed by atoms with van der Waals surface area (Å²) >= 11 is 0. The summed E-state index contributed by atoms with van der Waals surface area (Å²) in [6, 6.07) is 3.12. The first-order valence-corrected chi connectivity index (χ1v) is 5.68. The van der Waals surface area contributed by atoms with E-state index in [4.69, 9.17) is 0 Å². The van der Waals surface area contributed by atoms with Gasteiger partial charge in [-0.05, 0) is 26.8 Å². The third-order valence-corrected chi connectivity index (χ3v) is 2.24. The lowest BCUT2D eigenvalue weighted by Crippen LogP contribution is -2.40. The van der Waals surface area contributed by atoms with E-state index >= 15 is 0 Å². The van der Waals surface area contributed by atoms with Crippen LogP contribution in [0.1, 0.15) is 20.8 Å². The highest BCUT2D eigenvalue weighted by Gasteiger charge is 2.11. The molecule has 0 saturated heterocycles. The SMILES string of the molecule is CCN(CC(=O)NC(C)C)c1ccnc(F)c1. The summed E-state index contributed by atoms with van der Waals surface area (Å²) in [5, 5.41) is 2.80. The molecule has 0 bridgehead atoms. The predicted molar refractivity (Wildman–Crippen MR) is 65.4 cm³/mol. The van der Waals surface area contributed by atoms with Gasteiger partial charge in [0.25, 0.3) is 0 Å². The van der Waals surface area contributed by atoms with Crippen LogP contribution in [0.2, 0.25) is 0 Å². The van der Waals surface area contributed by atoms with Crippen LogP contribution >= 0.6 is 0 Å². The average Bonchev–Trinajstić information content (AvgIpc) is 2.24. The number of pyridine rings is 1. The normalized spacial score (nSPS) is 10.4. The number of halogens is 1. The number of nitrogens with zero attached hydrogens (tertiary/aromatic N) is 2. The minimum absolute atomic E-state index is 0.0703. The standard InChI is InChI=1S/C12H18FN3O/c1-4-16(8-12(17)15-9(2)3)10-5-6-14-11(13)7-10/h5-7,9H,4,8H2,1-3H3,(H,15,17). The molecule has 0 unspecified atom stereocenters. The van der Waals surface area contributed by atoms with Crippen LogP contribution in [0.4, 0.5) is 10.1 Å². The number of carbonyl (C=O) groups is 1. The second-order valence-corrected chi connectivity index (χ2v) is 4.07. The molecule has 0 aromatic carbocycles. The van der Waals surface area contributed by atoms with Crippen LogP contribution in [0.15, 0.2) is 18.3 Å². The van der Waals surface area contributed by atoms with Gasteiger partial charge in [-0.2, -0.15) is 4.39 Å². The van der Waals surface area contributed by atoms with Crippen molar-refractivity contribution in [2.24, 2.45) is 0 Å². The Morgan fingerprint density at radius 1 is 1.59 bits per heavy atom. The Labute approximate surface area is 101 Å². The molecule has 0 aliphatic rings. The number of nitrogens with one attached hydrogen (secondary N) is 1. The molecule has 0 saturated carbocycles. The van der Waals surface area contributed by atoms with Crippen LogP contribution in [-0.4, -0.2) is 30.0 Å². The van der Waals surface area contributed by atoms with Crippen molar-refractivity contribution in [2.45, 2.75) is 26.8 Å². The lowest BCUT2D eigenvalue weighted by atomic mass is 10.3. The highest BCUT2D eigenvalue weighted by atomic mass is 19.1. The first-order chi connectivity index (χ1) is 8.02. The van der Waals surface area contributed by atoms with Gasteiger partial charge in [-0.3, -0.25) is 4.79 Å². The van der Waals surface area contributed by atoms with Gasteiger partial charge in [0.15, 0.2) is 0 Å². The van der Waals surface area contributed by atoms with Crippen LogP contribution in [0, 0.1) is 5.95 Å². The topological polar surface area (TPSA) is 45.2 Å². The maximum Gasteiger partial charge on any atom is 0.239 e. The second-order valence-electron chi connectivity index (χ2n) is 4.07. The fourth-order valence-electron chi connectivity index (χ4n) is 1.52. The van der Waals surface area contributed by atoms with E-state index in [-0.39, 0.29) is 18.5 Å². The van der Waals surface area contributed by atoms with Crippen LogP contribution in [0.25, 0.3) is 0 Å². The molecule has 0 aliphatic carbocycles. The predicted octanol–water partition coefficient (Wildman–Crippen LogP) is 1.57. The Balaban J connectivity index is 2.69. The summed E-state index contributed by atoms with van der Waals surface area (Å²) in [6.07, 6.45) is 1.40. The van der Waals surface area contributed by atoms with Gasteiger partial charge in [0.05, 0.1) is 6.54 Å². The molecule has 1 aromatic heterocycles. The first kappa shape index (κ1) is 13.4. The third-order valence-electron chi connectivity index (χ3n) is 2.24. The number of likely N-dealkylation sites (N-methyl/N-ethyl adjacent to an activating group) is 1. The molecular weight excluding hydrogens is 221 g/mol. The molecule has 0 aliphatic heterocycles. The van der Waals surface area contributed by atoms with E-state index in [2.05, 4.69) is 10.3 Å². The van der Waals surface area contributed by atoms with E-state index in [9.17, 15) is 9.18 Å². The van der Waals surface area contributed by atoms with Crippen molar-refractivity contribution in [1.29, 1.82) is 0 Å². The van der Waals surface area contributed by atoms with Gasteiger partial charge in [-0.25, -0.2) is 4.98 Å². The zero-order valence-corrected chi connectivity index (χ0v) is 10.4. The van der Waals surface area contributed by atoms with E-state index in [0.717, 1.165) is 0 Å². The summed E-state index contributed by atoms with van der Waals surface area (Å²) < 4.78 is 13.0. The lowest BCUT2D eigenvalue weighted by molar-refractivity contribution is -0.120. The molecule has 0 atom stereocenters. The van der Waals surface area contributed by atoms with Crippen LogP contribution in [0.3, 0.4) is 0 Å². The Morgan fingerprint density at radius 2 is 2.29 bits per heavy atom. The van der Waals surface area contributed by atoms with Gasteiger partial charge in [-0.15, -0.1) is 0 Å².